The van der Waals surface area contributed by atoms with Crippen LogP contribution in [0.4, 0.5) is 4.39 Å². The molecule has 0 unspecified atom stereocenters. The summed E-state index contributed by atoms with van der Waals surface area (Å²) in [5.41, 5.74) is -0.430. The van der Waals surface area contributed by atoms with E-state index in [0.29, 0.717) is 11.3 Å². The van der Waals surface area contributed by atoms with E-state index in [9.17, 15) is 22.9 Å². The number of halogens is 3. The van der Waals surface area contributed by atoms with Crippen LogP contribution in [0.5, 0.6) is 0 Å². The smallest absolute Gasteiger partial charge is 0.276 e. The van der Waals surface area contributed by atoms with Gasteiger partial charge in [-0.3, -0.25) is 4.79 Å². The van der Waals surface area contributed by atoms with E-state index in [0.717, 1.165) is 11.3 Å². The highest BCUT2D eigenvalue weighted by Gasteiger charge is 2.32. The quantitative estimate of drug-likeness (QED) is 0.303. The van der Waals surface area contributed by atoms with Crippen molar-refractivity contribution in [1.82, 2.24) is 24.8 Å². The SMILES string of the molecule is CC[C@@H](C)NS(=O)(=O)c1ccc(-c2sc(-c3nnc(CC(C)(C)C#N)o3)nc2C(=O)N2CCC(F)CC2)c(Cl)c1Cl. The maximum Gasteiger partial charge on any atom is 0.276 e. The predicted octanol–water partition coefficient (Wildman–Crippen LogP) is 5.91. The first-order chi connectivity index (χ1) is 19.3. The molecule has 0 spiro atoms. The van der Waals surface area contributed by atoms with Gasteiger partial charge in [-0.05, 0) is 46.1 Å². The maximum atomic E-state index is 13.8. The van der Waals surface area contributed by atoms with E-state index in [2.05, 4.69) is 26.0 Å². The van der Waals surface area contributed by atoms with E-state index in [4.69, 9.17) is 27.6 Å². The zero-order valence-corrected chi connectivity index (χ0v) is 26.0. The number of likely N-dealkylation sites (tertiary alicyclic amines) is 1. The lowest BCUT2D eigenvalue weighted by molar-refractivity contribution is 0.0662. The lowest BCUT2D eigenvalue weighted by Crippen LogP contribution is -2.39. The van der Waals surface area contributed by atoms with Gasteiger partial charge in [0.1, 0.15) is 16.8 Å². The van der Waals surface area contributed by atoms with Crippen LogP contribution < -0.4 is 4.72 Å². The Morgan fingerprint density at radius 2 is 1.98 bits per heavy atom. The number of nitrogens with zero attached hydrogens (tertiary/aromatic N) is 5. The minimum Gasteiger partial charge on any atom is -0.419 e. The molecule has 0 radical (unpaired) electrons. The Bertz CT molecular complexity index is 1590. The highest BCUT2D eigenvalue weighted by molar-refractivity contribution is 7.89. The number of carbonyl (C=O) groups is 1. The number of rotatable bonds is 9. The first kappa shape index (κ1) is 31.3. The van der Waals surface area contributed by atoms with Crippen LogP contribution in [0.3, 0.4) is 0 Å². The fraction of sp³-hybridized carbons (Fsp3) is 0.500. The first-order valence-corrected chi connectivity index (χ1v) is 16.0. The van der Waals surface area contributed by atoms with Crippen molar-refractivity contribution in [3.63, 3.8) is 0 Å². The Kier molecular flexibility index (Phi) is 9.40. The molecule has 1 aliphatic rings. The van der Waals surface area contributed by atoms with Crippen molar-refractivity contribution < 1.29 is 22.0 Å². The van der Waals surface area contributed by atoms with Crippen LogP contribution in [0, 0.1) is 16.7 Å². The first-order valence-electron chi connectivity index (χ1n) is 12.9. The minimum absolute atomic E-state index is 0.0192. The van der Waals surface area contributed by atoms with Gasteiger partial charge >= 0.3 is 0 Å². The van der Waals surface area contributed by atoms with Crippen LogP contribution in [0.2, 0.25) is 10.0 Å². The van der Waals surface area contributed by atoms with Gasteiger partial charge in [-0.25, -0.2) is 22.5 Å². The molecule has 10 nitrogen and oxygen atoms in total. The summed E-state index contributed by atoms with van der Waals surface area (Å²) in [5, 5.41) is 17.4. The molecule has 1 saturated heterocycles. The molecule has 0 saturated carbocycles. The van der Waals surface area contributed by atoms with Crippen LogP contribution in [-0.4, -0.2) is 59.7 Å². The van der Waals surface area contributed by atoms with E-state index in [1.165, 1.54) is 17.0 Å². The summed E-state index contributed by atoms with van der Waals surface area (Å²) >= 11 is 14.2. The molecule has 1 N–H and O–H groups in total. The number of piperidine rings is 1. The Balaban J connectivity index is 1.79. The second-order valence-corrected chi connectivity index (χ2v) is 13.9. The van der Waals surface area contributed by atoms with Crippen LogP contribution in [0.1, 0.15) is 63.3 Å². The summed E-state index contributed by atoms with van der Waals surface area (Å²) in [6.07, 6.45) is 0.221. The van der Waals surface area contributed by atoms with E-state index < -0.39 is 27.5 Å². The zero-order valence-electron chi connectivity index (χ0n) is 22.9. The molecule has 0 bridgehead atoms. The van der Waals surface area contributed by atoms with Gasteiger partial charge in [-0.2, -0.15) is 5.26 Å². The van der Waals surface area contributed by atoms with Crippen molar-refractivity contribution in [2.75, 3.05) is 13.1 Å². The third-order valence-corrected chi connectivity index (χ3v) is 10.3. The molecule has 41 heavy (non-hydrogen) atoms. The molecule has 3 aromatic rings. The molecular formula is C26H29Cl2FN6O4S2. The Labute approximate surface area is 251 Å². The third-order valence-electron chi connectivity index (χ3n) is 6.64. The average molecular weight is 644 g/mol. The molecule has 3 heterocycles. The van der Waals surface area contributed by atoms with E-state index >= 15 is 0 Å². The second-order valence-electron chi connectivity index (χ2n) is 10.5. The molecule has 220 valence electrons. The fourth-order valence-corrected chi connectivity index (χ4v) is 7.35. The van der Waals surface area contributed by atoms with Crippen LogP contribution >= 0.6 is 34.5 Å². The van der Waals surface area contributed by atoms with Gasteiger partial charge < -0.3 is 9.32 Å². The van der Waals surface area contributed by atoms with E-state index in [-0.39, 0.29) is 81.4 Å². The van der Waals surface area contributed by atoms with Gasteiger partial charge in [0, 0.05) is 31.1 Å². The molecule has 1 aliphatic heterocycles. The lowest BCUT2D eigenvalue weighted by atomic mass is 9.92. The normalized spacial score (nSPS) is 15.6. The number of nitriles is 1. The monoisotopic (exact) mass is 642 g/mol. The van der Waals surface area contributed by atoms with Crippen LogP contribution in [0.15, 0.2) is 21.4 Å². The number of nitrogens with one attached hydrogen (secondary N) is 1. The molecule has 0 aliphatic carbocycles. The van der Waals surface area contributed by atoms with Crippen molar-refractivity contribution in [3.8, 4) is 27.4 Å². The van der Waals surface area contributed by atoms with Crippen molar-refractivity contribution >= 4 is 50.5 Å². The largest absolute Gasteiger partial charge is 0.419 e. The van der Waals surface area contributed by atoms with Gasteiger partial charge in [0.15, 0.2) is 5.01 Å². The Morgan fingerprint density at radius 3 is 2.61 bits per heavy atom. The third kappa shape index (κ3) is 6.89. The highest BCUT2D eigenvalue weighted by atomic mass is 35.5. The Morgan fingerprint density at radius 1 is 1.29 bits per heavy atom. The molecule has 1 fully saturated rings. The standard InChI is InChI=1S/C26H29Cl2FN6O4S2/c1-5-14(2)34-41(37,38)17-7-6-16(19(27)20(17)28)22-21(25(36)35-10-8-15(29)9-11-35)31-24(40-22)23-33-32-18(39-23)12-26(3,4)13-30/h6-7,14-15,34H,5,8-12H2,1-4H3/t14-/m1/s1. The summed E-state index contributed by atoms with van der Waals surface area (Å²) in [6.45, 7) is 7.49. The van der Waals surface area contributed by atoms with Crippen LogP contribution in [0.25, 0.3) is 21.3 Å². The van der Waals surface area contributed by atoms with Crippen LogP contribution in [-0.2, 0) is 16.4 Å². The summed E-state index contributed by atoms with van der Waals surface area (Å²) < 4.78 is 48.0. The van der Waals surface area contributed by atoms with Gasteiger partial charge in [0.25, 0.3) is 11.8 Å². The number of hydrogen-bond donors (Lipinski definition) is 1. The number of alkyl halides is 1. The minimum atomic E-state index is -3.97. The molecule has 15 heteroatoms. The molecule has 1 amide bonds. The molecule has 1 atom stereocenters. The number of amides is 1. The molecular weight excluding hydrogens is 614 g/mol. The fourth-order valence-electron chi connectivity index (χ4n) is 4.10. The summed E-state index contributed by atoms with van der Waals surface area (Å²) in [4.78, 5) is 19.8. The zero-order chi connectivity index (χ0) is 30.1. The summed E-state index contributed by atoms with van der Waals surface area (Å²) in [6, 6.07) is 4.64. The maximum absolute atomic E-state index is 13.8. The number of aromatic nitrogens is 3. The van der Waals surface area contributed by atoms with E-state index in [1.54, 1.807) is 20.8 Å². The number of thiazole rings is 1. The van der Waals surface area contributed by atoms with E-state index in [1.807, 2.05) is 6.92 Å². The van der Waals surface area contributed by atoms with Gasteiger partial charge in [0.2, 0.25) is 15.9 Å². The van der Waals surface area contributed by atoms with Crippen molar-refractivity contribution in [2.45, 2.75) is 70.5 Å². The van der Waals surface area contributed by atoms with Gasteiger partial charge in [-0.15, -0.1) is 21.5 Å². The van der Waals surface area contributed by atoms with Crippen molar-refractivity contribution in [1.29, 1.82) is 5.26 Å². The molecule has 2 aromatic heterocycles. The second kappa shape index (κ2) is 12.3. The van der Waals surface area contributed by atoms with Crippen molar-refractivity contribution in [2.24, 2.45) is 5.41 Å². The average Bonchev–Trinajstić information content (AvgIpc) is 3.57. The molecule has 1 aromatic carbocycles. The van der Waals surface area contributed by atoms with Crippen molar-refractivity contribution in [3.05, 3.63) is 33.8 Å². The van der Waals surface area contributed by atoms with Gasteiger partial charge in [-0.1, -0.05) is 36.2 Å². The number of sulfonamides is 1. The molecule has 4 rings (SSSR count). The summed E-state index contributed by atoms with van der Waals surface area (Å²) in [5.74, 6) is -0.173. The predicted molar refractivity (Wildman–Crippen MR) is 154 cm³/mol. The number of carbonyl (C=O) groups excluding carboxylic acids is 1. The Hall–Kier alpha value is -2.63. The lowest BCUT2D eigenvalue weighted by Gasteiger charge is -2.28. The number of hydrogen-bond acceptors (Lipinski definition) is 9. The topological polar surface area (TPSA) is 142 Å². The number of benzene rings is 1. The highest BCUT2D eigenvalue weighted by Crippen LogP contribution is 2.43. The van der Waals surface area contributed by atoms with Gasteiger partial charge in [0.05, 0.1) is 26.4 Å². The summed E-state index contributed by atoms with van der Waals surface area (Å²) in [7, 11) is -3.97.